The zero-order valence-corrected chi connectivity index (χ0v) is 26.4. The van der Waals surface area contributed by atoms with Crippen molar-refractivity contribution in [3.05, 3.63) is 57.4 Å². The lowest BCUT2D eigenvalue weighted by atomic mass is 9.63. The second-order valence-electron chi connectivity index (χ2n) is 13.6. The molecule has 0 N–H and O–H groups in total. The normalized spacial score (nSPS) is 23.2. The molecule has 4 aliphatic rings. The van der Waals surface area contributed by atoms with Crippen LogP contribution in [0.3, 0.4) is 0 Å². The fraction of sp³-hybridized carbons (Fsp3) is 0.588. The van der Waals surface area contributed by atoms with Gasteiger partial charge in [0.1, 0.15) is 6.61 Å². The third-order valence-corrected chi connectivity index (χ3v) is 9.49. The van der Waals surface area contributed by atoms with E-state index in [0.29, 0.717) is 43.6 Å². The van der Waals surface area contributed by atoms with E-state index in [1.54, 1.807) is 6.08 Å². The van der Waals surface area contributed by atoms with E-state index in [4.69, 9.17) is 9.47 Å². The molecule has 0 radical (unpaired) electrons. The lowest BCUT2D eigenvalue weighted by Gasteiger charge is -2.52. The number of ketones is 2. The van der Waals surface area contributed by atoms with Crippen molar-refractivity contribution in [3.8, 4) is 11.5 Å². The molecule has 1 heterocycles. The summed E-state index contributed by atoms with van der Waals surface area (Å²) in [4.78, 5) is 30.9. The first kappa shape index (κ1) is 29.2. The van der Waals surface area contributed by atoms with E-state index in [-0.39, 0.29) is 22.4 Å². The number of rotatable bonds is 7. The Hall–Kier alpha value is -2.34. The van der Waals surface area contributed by atoms with Gasteiger partial charge in [-0.15, -0.1) is 0 Å². The van der Waals surface area contributed by atoms with Crippen molar-refractivity contribution in [1.82, 2.24) is 4.90 Å². The largest absolute Gasteiger partial charge is 0.490 e. The Kier molecular flexibility index (Phi) is 8.13. The Balaban J connectivity index is 1.76. The summed E-state index contributed by atoms with van der Waals surface area (Å²) in [6.07, 6.45) is 10.2. The van der Waals surface area contributed by atoms with Crippen LogP contribution in [0.1, 0.15) is 104 Å². The third-order valence-electron chi connectivity index (χ3n) is 8.90. The first-order valence-electron chi connectivity index (χ1n) is 15.0. The average Bonchev–Trinajstić information content (AvgIpc) is 2.86. The van der Waals surface area contributed by atoms with Crippen LogP contribution in [0.2, 0.25) is 0 Å². The summed E-state index contributed by atoms with van der Waals surface area (Å²) in [5.74, 6) is 1.16. The van der Waals surface area contributed by atoms with Crippen LogP contribution in [0.25, 0.3) is 0 Å². The number of Topliss-reactive ketones (excluding diaryl/α,β-unsaturated/α-hetero) is 2. The molecule has 1 aliphatic heterocycles. The number of carbonyl (C=O) groups excluding carboxylic acids is 2. The number of nitrogens with zero attached hydrogens (tertiary/aromatic N) is 1. The van der Waals surface area contributed by atoms with Gasteiger partial charge in [0.05, 0.1) is 11.1 Å². The first-order chi connectivity index (χ1) is 19.0. The smallest absolute Gasteiger partial charge is 0.175 e. The number of benzene rings is 1. The number of hydrogen-bond donors (Lipinski definition) is 0. The second kappa shape index (κ2) is 11.2. The van der Waals surface area contributed by atoms with Crippen LogP contribution in [0, 0.1) is 10.8 Å². The third kappa shape index (κ3) is 5.45. The summed E-state index contributed by atoms with van der Waals surface area (Å²) < 4.78 is 12.8. The van der Waals surface area contributed by atoms with Gasteiger partial charge >= 0.3 is 0 Å². The van der Waals surface area contributed by atoms with Crippen LogP contribution in [-0.2, 0) is 9.59 Å². The predicted octanol–water partition coefficient (Wildman–Crippen LogP) is 8.43. The molecule has 0 atom stereocenters. The molecule has 5 nitrogen and oxygen atoms in total. The van der Waals surface area contributed by atoms with Gasteiger partial charge in [-0.1, -0.05) is 59.6 Å². The fourth-order valence-electron chi connectivity index (χ4n) is 7.41. The van der Waals surface area contributed by atoms with Crippen molar-refractivity contribution in [2.75, 3.05) is 13.2 Å². The average molecular weight is 611 g/mol. The van der Waals surface area contributed by atoms with E-state index in [9.17, 15) is 9.59 Å². The van der Waals surface area contributed by atoms with Gasteiger partial charge in [0.25, 0.3) is 0 Å². The van der Waals surface area contributed by atoms with E-state index in [2.05, 4.69) is 55.1 Å². The molecule has 6 heteroatoms. The van der Waals surface area contributed by atoms with Crippen molar-refractivity contribution in [2.45, 2.75) is 104 Å². The monoisotopic (exact) mass is 609 g/mol. The minimum Gasteiger partial charge on any atom is -0.490 e. The standard InChI is InChI=1S/C34H44BrNO4/c1-7-14-40-32-23(35)15-21(16-28(32)39-8-2)29-30-24(17-33(3,4)19-26(30)37)36(22-12-10-9-11-13-22)25-18-34(5,6)20-27(38)31(25)29/h7,15-16,22,29H,1,8-14,17-20H2,2-6H3. The SMILES string of the molecule is C=CCOc1c(Br)cc(C2C3=C(CC(C)(C)CC3=O)N(C3CCCCC3)C3=C2C(=O)CC(C)(C)C3)cc1OCC. The molecular formula is C34H44BrNO4. The minimum absolute atomic E-state index is 0.126. The maximum absolute atomic E-state index is 14.2. The maximum Gasteiger partial charge on any atom is 0.175 e. The van der Waals surface area contributed by atoms with Crippen molar-refractivity contribution in [2.24, 2.45) is 10.8 Å². The van der Waals surface area contributed by atoms with Crippen LogP contribution in [0.15, 0.2) is 51.8 Å². The molecule has 0 aromatic heterocycles. The summed E-state index contributed by atoms with van der Waals surface area (Å²) in [5, 5.41) is 0. The molecule has 1 fully saturated rings. The van der Waals surface area contributed by atoms with Crippen molar-refractivity contribution < 1.29 is 19.1 Å². The number of ether oxygens (including phenoxy) is 2. The van der Waals surface area contributed by atoms with E-state index < -0.39 is 5.92 Å². The van der Waals surface area contributed by atoms with Crippen LogP contribution >= 0.6 is 15.9 Å². The summed E-state index contributed by atoms with van der Waals surface area (Å²) in [7, 11) is 0. The zero-order valence-electron chi connectivity index (χ0n) is 24.8. The fourth-order valence-corrected chi connectivity index (χ4v) is 7.98. The molecule has 1 aromatic carbocycles. The lowest BCUT2D eigenvalue weighted by Crippen LogP contribution is -2.48. The van der Waals surface area contributed by atoms with Crippen LogP contribution in [-0.4, -0.2) is 35.7 Å². The highest BCUT2D eigenvalue weighted by Crippen LogP contribution is 2.56. The minimum atomic E-state index is -0.402. The predicted molar refractivity (Wildman–Crippen MR) is 163 cm³/mol. The van der Waals surface area contributed by atoms with Crippen LogP contribution in [0.5, 0.6) is 11.5 Å². The Bertz CT molecular complexity index is 1230. The molecule has 0 saturated heterocycles. The molecule has 40 heavy (non-hydrogen) atoms. The highest BCUT2D eigenvalue weighted by atomic mass is 79.9. The highest BCUT2D eigenvalue weighted by Gasteiger charge is 2.50. The van der Waals surface area contributed by atoms with Crippen LogP contribution < -0.4 is 9.47 Å². The molecule has 0 amide bonds. The number of carbonyl (C=O) groups is 2. The van der Waals surface area contributed by atoms with Gasteiger partial charge in [-0.2, -0.15) is 0 Å². The Morgan fingerprint density at radius 1 is 0.925 bits per heavy atom. The maximum atomic E-state index is 14.2. The summed E-state index contributed by atoms with van der Waals surface area (Å²) in [6.45, 7) is 15.4. The van der Waals surface area contributed by atoms with E-state index in [1.165, 1.54) is 19.3 Å². The molecule has 0 spiro atoms. The van der Waals surface area contributed by atoms with E-state index >= 15 is 0 Å². The Morgan fingerprint density at radius 3 is 2.02 bits per heavy atom. The second-order valence-corrected chi connectivity index (χ2v) is 14.4. The molecule has 5 rings (SSSR count). The molecule has 1 saturated carbocycles. The van der Waals surface area contributed by atoms with Crippen molar-refractivity contribution in [1.29, 1.82) is 0 Å². The first-order valence-corrected chi connectivity index (χ1v) is 15.8. The van der Waals surface area contributed by atoms with Crippen LogP contribution in [0.4, 0.5) is 0 Å². The number of halogens is 1. The molecule has 1 aromatic rings. The van der Waals surface area contributed by atoms with E-state index in [1.807, 2.05) is 19.1 Å². The van der Waals surface area contributed by atoms with Crippen molar-refractivity contribution >= 4 is 27.5 Å². The van der Waals surface area contributed by atoms with Gasteiger partial charge in [0.2, 0.25) is 0 Å². The number of hydrogen-bond acceptors (Lipinski definition) is 5. The summed E-state index contributed by atoms with van der Waals surface area (Å²) in [5.41, 5.74) is 4.62. The quantitative estimate of drug-likeness (QED) is 0.290. The summed E-state index contributed by atoms with van der Waals surface area (Å²) >= 11 is 3.73. The zero-order chi connectivity index (χ0) is 28.8. The van der Waals surface area contributed by atoms with Gasteiger partial charge in [0, 0.05) is 47.3 Å². The topological polar surface area (TPSA) is 55.8 Å². The number of allylic oxidation sites excluding steroid dienone is 4. The Morgan fingerprint density at radius 2 is 1.50 bits per heavy atom. The molecule has 0 unspecified atom stereocenters. The Labute approximate surface area is 248 Å². The highest BCUT2D eigenvalue weighted by molar-refractivity contribution is 9.10. The van der Waals surface area contributed by atoms with E-state index in [0.717, 1.165) is 58.3 Å². The van der Waals surface area contributed by atoms with Gasteiger partial charge in [-0.05, 0) is 77.1 Å². The molecule has 3 aliphatic carbocycles. The summed E-state index contributed by atoms with van der Waals surface area (Å²) in [6, 6.07) is 4.36. The van der Waals surface area contributed by atoms with Gasteiger partial charge in [-0.3, -0.25) is 9.59 Å². The van der Waals surface area contributed by atoms with Gasteiger partial charge in [0.15, 0.2) is 23.1 Å². The molecule has 216 valence electrons. The van der Waals surface area contributed by atoms with Gasteiger partial charge in [-0.25, -0.2) is 0 Å². The van der Waals surface area contributed by atoms with Gasteiger partial charge < -0.3 is 14.4 Å². The molecule has 0 bridgehead atoms. The lowest BCUT2D eigenvalue weighted by molar-refractivity contribution is -0.119. The van der Waals surface area contributed by atoms with Crippen molar-refractivity contribution in [3.63, 3.8) is 0 Å². The molecular weight excluding hydrogens is 566 g/mol.